The van der Waals surface area contributed by atoms with E-state index in [9.17, 15) is 19.8 Å². The summed E-state index contributed by atoms with van der Waals surface area (Å²) in [6, 6.07) is 0. The van der Waals surface area contributed by atoms with E-state index in [2.05, 4.69) is 6.58 Å². The SMILES string of the molecule is C=C1C(=O)OC2C1C(O)CC1(C)C(=O)C=CC(C)(O)C21. The molecule has 3 rings (SSSR count). The predicted octanol–water partition coefficient (Wildman–Crippen LogP) is 0.361. The Morgan fingerprint density at radius 2 is 2.05 bits per heavy atom. The number of aliphatic hydroxyl groups excluding tert-OH is 1. The smallest absolute Gasteiger partial charge is 0.334 e. The van der Waals surface area contributed by atoms with Crippen LogP contribution in [-0.2, 0) is 14.3 Å². The Bertz CT molecular complexity index is 546. The lowest BCUT2D eigenvalue weighted by molar-refractivity contribution is -0.179. The van der Waals surface area contributed by atoms with Gasteiger partial charge < -0.3 is 14.9 Å². The Kier molecular flexibility index (Phi) is 2.57. The lowest BCUT2D eigenvalue weighted by Gasteiger charge is -2.53. The highest BCUT2D eigenvalue weighted by molar-refractivity contribution is 5.97. The first kappa shape index (κ1) is 13.5. The van der Waals surface area contributed by atoms with Crippen molar-refractivity contribution in [2.24, 2.45) is 17.3 Å². The molecule has 6 unspecified atom stereocenters. The van der Waals surface area contributed by atoms with Crippen LogP contribution in [0.5, 0.6) is 0 Å². The maximum absolute atomic E-state index is 12.3. The summed E-state index contributed by atoms with van der Waals surface area (Å²) in [5, 5.41) is 20.9. The lowest BCUT2D eigenvalue weighted by atomic mass is 9.53. The van der Waals surface area contributed by atoms with Crippen LogP contribution < -0.4 is 0 Å². The zero-order valence-corrected chi connectivity index (χ0v) is 11.5. The van der Waals surface area contributed by atoms with Crippen LogP contribution in [0.15, 0.2) is 24.3 Å². The minimum atomic E-state index is -1.27. The summed E-state index contributed by atoms with van der Waals surface area (Å²) < 4.78 is 5.32. The number of carbonyl (C=O) groups is 2. The number of hydrogen-bond donors (Lipinski definition) is 2. The van der Waals surface area contributed by atoms with Crippen molar-refractivity contribution in [3.8, 4) is 0 Å². The minimum Gasteiger partial charge on any atom is -0.458 e. The van der Waals surface area contributed by atoms with Crippen molar-refractivity contribution in [3.63, 3.8) is 0 Å². The quantitative estimate of drug-likeness (QED) is 0.494. The normalized spacial score (nSPS) is 50.7. The maximum Gasteiger partial charge on any atom is 0.334 e. The Morgan fingerprint density at radius 3 is 2.70 bits per heavy atom. The number of ketones is 1. The predicted molar refractivity (Wildman–Crippen MR) is 69.5 cm³/mol. The van der Waals surface area contributed by atoms with Crippen LogP contribution in [0.2, 0.25) is 0 Å². The molecule has 0 amide bonds. The molecule has 3 aliphatic rings. The van der Waals surface area contributed by atoms with Gasteiger partial charge in [0.05, 0.1) is 17.6 Å². The van der Waals surface area contributed by atoms with Crippen LogP contribution in [0.25, 0.3) is 0 Å². The highest BCUT2D eigenvalue weighted by atomic mass is 16.6. The molecule has 1 aliphatic heterocycles. The third-order valence-electron chi connectivity index (χ3n) is 5.09. The minimum absolute atomic E-state index is 0.153. The summed E-state index contributed by atoms with van der Waals surface area (Å²) in [5.74, 6) is -1.84. The number of hydrogen-bond acceptors (Lipinski definition) is 5. The van der Waals surface area contributed by atoms with Crippen molar-refractivity contribution >= 4 is 11.8 Å². The van der Waals surface area contributed by atoms with E-state index in [1.54, 1.807) is 13.8 Å². The van der Waals surface area contributed by atoms with Crippen molar-refractivity contribution in [3.05, 3.63) is 24.3 Å². The summed E-state index contributed by atoms with van der Waals surface area (Å²) in [5.41, 5.74) is -1.98. The van der Waals surface area contributed by atoms with E-state index in [1.165, 1.54) is 12.2 Å². The van der Waals surface area contributed by atoms with E-state index >= 15 is 0 Å². The van der Waals surface area contributed by atoms with Gasteiger partial charge in [-0.25, -0.2) is 4.79 Å². The van der Waals surface area contributed by atoms with E-state index in [4.69, 9.17) is 4.74 Å². The number of ether oxygens (including phenoxy) is 1. The lowest BCUT2D eigenvalue weighted by Crippen LogP contribution is -2.62. The van der Waals surface area contributed by atoms with Gasteiger partial charge in [-0.3, -0.25) is 4.79 Å². The van der Waals surface area contributed by atoms with Crippen LogP contribution in [0, 0.1) is 17.3 Å². The second-order valence-corrected chi connectivity index (χ2v) is 6.51. The highest BCUT2D eigenvalue weighted by Crippen LogP contribution is 2.55. The van der Waals surface area contributed by atoms with Gasteiger partial charge in [-0.05, 0) is 25.5 Å². The molecule has 0 aromatic rings. The maximum atomic E-state index is 12.3. The molecule has 0 spiro atoms. The summed E-state index contributed by atoms with van der Waals surface area (Å²) in [6.45, 7) is 6.99. The molecule has 1 saturated heterocycles. The van der Waals surface area contributed by atoms with Crippen LogP contribution in [-0.4, -0.2) is 39.8 Å². The average molecular weight is 278 g/mol. The number of carbonyl (C=O) groups excluding carboxylic acids is 2. The molecule has 2 fully saturated rings. The van der Waals surface area contributed by atoms with Crippen molar-refractivity contribution in [2.75, 3.05) is 0 Å². The standard InChI is InChI=1S/C15H18O5/c1-7-10-8(16)6-14(2)9(17)4-5-15(3,19)12(14)11(10)20-13(7)18/h4-5,8,10-12,16,19H,1,6H2,2-3H3. The topological polar surface area (TPSA) is 83.8 Å². The zero-order valence-electron chi connectivity index (χ0n) is 11.5. The Labute approximate surface area is 116 Å². The Morgan fingerprint density at radius 1 is 1.40 bits per heavy atom. The molecule has 2 N–H and O–H groups in total. The van der Waals surface area contributed by atoms with Crippen molar-refractivity contribution in [1.29, 1.82) is 0 Å². The summed E-state index contributed by atoms with van der Waals surface area (Å²) in [7, 11) is 0. The first-order valence-electron chi connectivity index (χ1n) is 6.72. The first-order valence-corrected chi connectivity index (χ1v) is 6.72. The van der Waals surface area contributed by atoms with E-state index in [1.807, 2.05) is 0 Å². The summed E-state index contributed by atoms with van der Waals surface area (Å²) in [4.78, 5) is 24.0. The summed E-state index contributed by atoms with van der Waals surface area (Å²) in [6.07, 6.45) is 1.41. The molecule has 5 nitrogen and oxygen atoms in total. The molecular formula is C15H18O5. The molecule has 1 heterocycles. The molecule has 0 radical (unpaired) electrons. The molecule has 108 valence electrons. The molecule has 0 bridgehead atoms. The molecule has 20 heavy (non-hydrogen) atoms. The van der Waals surface area contributed by atoms with Crippen LogP contribution in [0.1, 0.15) is 20.3 Å². The van der Waals surface area contributed by atoms with Gasteiger partial charge in [0.1, 0.15) is 6.10 Å². The van der Waals surface area contributed by atoms with Gasteiger partial charge in [-0.1, -0.05) is 13.5 Å². The number of esters is 1. The first-order chi connectivity index (χ1) is 9.18. The molecule has 5 heteroatoms. The van der Waals surface area contributed by atoms with E-state index < -0.39 is 41.0 Å². The third kappa shape index (κ3) is 1.50. The largest absolute Gasteiger partial charge is 0.458 e. The van der Waals surface area contributed by atoms with Gasteiger partial charge in [-0.2, -0.15) is 0 Å². The van der Waals surface area contributed by atoms with Crippen LogP contribution in [0.4, 0.5) is 0 Å². The fourth-order valence-electron chi connectivity index (χ4n) is 4.15. The molecule has 0 aromatic heterocycles. The van der Waals surface area contributed by atoms with Crippen molar-refractivity contribution in [1.82, 2.24) is 0 Å². The third-order valence-corrected chi connectivity index (χ3v) is 5.09. The number of aliphatic hydroxyl groups is 2. The monoisotopic (exact) mass is 278 g/mol. The average Bonchev–Trinajstić information content (AvgIpc) is 2.60. The van der Waals surface area contributed by atoms with E-state index in [-0.39, 0.29) is 17.8 Å². The Hall–Kier alpha value is -1.46. The van der Waals surface area contributed by atoms with Gasteiger partial charge in [-0.15, -0.1) is 0 Å². The molecular weight excluding hydrogens is 260 g/mol. The number of rotatable bonds is 0. The molecule has 0 aromatic carbocycles. The second kappa shape index (κ2) is 3.80. The Balaban J connectivity index is 2.14. The van der Waals surface area contributed by atoms with Crippen LogP contribution >= 0.6 is 0 Å². The van der Waals surface area contributed by atoms with E-state index in [0.29, 0.717) is 0 Å². The molecule has 2 aliphatic carbocycles. The van der Waals surface area contributed by atoms with Gasteiger partial charge in [0, 0.05) is 16.9 Å². The number of allylic oxidation sites excluding steroid dienone is 1. The van der Waals surface area contributed by atoms with Crippen molar-refractivity contribution < 1.29 is 24.5 Å². The fraction of sp³-hybridized carbons (Fsp3) is 0.600. The van der Waals surface area contributed by atoms with Gasteiger partial charge in [0.15, 0.2) is 5.78 Å². The summed E-state index contributed by atoms with van der Waals surface area (Å²) >= 11 is 0. The van der Waals surface area contributed by atoms with Gasteiger partial charge >= 0.3 is 5.97 Å². The molecule has 1 saturated carbocycles. The second-order valence-electron chi connectivity index (χ2n) is 6.51. The van der Waals surface area contributed by atoms with E-state index in [0.717, 1.165) is 0 Å². The van der Waals surface area contributed by atoms with Gasteiger partial charge in [0.25, 0.3) is 0 Å². The van der Waals surface area contributed by atoms with Crippen molar-refractivity contribution in [2.45, 2.75) is 38.1 Å². The fourth-order valence-corrected chi connectivity index (χ4v) is 4.15. The highest BCUT2D eigenvalue weighted by Gasteiger charge is 2.64. The van der Waals surface area contributed by atoms with Crippen LogP contribution in [0.3, 0.4) is 0 Å². The zero-order chi connectivity index (χ0) is 14.9. The van der Waals surface area contributed by atoms with Gasteiger partial charge in [0.2, 0.25) is 0 Å². The molecule has 6 atom stereocenters. The number of fused-ring (bicyclic) bond motifs is 3.